The number of H-pyrrole nitrogens is 1. The van der Waals surface area contributed by atoms with Gasteiger partial charge in [0.1, 0.15) is 5.69 Å². The number of amides is 1. The van der Waals surface area contributed by atoms with E-state index in [9.17, 15) is 14.9 Å². The van der Waals surface area contributed by atoms with Crippen molar-refractivity contribution in [2.24, 2.45) is 11.8 Å². The first-order valence-corrected chi connectivity index (χ1v) is 7.27. The van der Waals surface area contributed by atoms with Crippen LogP contribution in [0.5, 0.6) is 0 Å². The molecule has 2 atom stereocenters. The van der Waals surface area contributed by atoms with E-state index in [0.717, 1.165) is 25.4 Å². The SMILES string of the molecule is O=C(c1cc([N+](=O)[O-])c[nH]1)N1CC[C@@H]2CCCC[C@@H]2C1. The normalized spacial score (nSPS) is 26.1. The summed E-state index contributed by atoms with van der Waals surface area (Å²) in [6, 6.07) is 1.33. The molecule has 0 bridgehead atoms. The maximum absolute atomic E-state index is 12.4. The van der Waals surface area contributed by atoms with Crippen LogP contribution in [-0.2, 0) is 0 Å². The number of rotatable bonds is 2. The Morgan fingerprint density at radius 1 is 1.30 bits per heavy atom. The fourth-order valence-corrected chi connectivity index (χ4v) is 3.57. The van der Waals surface area contributed by atoms with Crippen molar-refractivity contribution in [3.8, 4) is 0 Å². The summed E-state index contributed by atoms with van der Waals surface area (Å²) < 4.78 is 0. The van der Waals surface area contributed by atoms with E-state index >= 15 is 0 Å². The molecule has 1 saturated heterocycles. The zero-order chi connectivity index (χ0) is 14.1. The standard InChI is InChI=1S/C14H19N3O3/c18-14(13-7-12(8-15-13)17(19)20)16-6-5-10-3-1-2-4-11(10)9-16/h7-8,10-11,15H,1-6,9H2/t10-,11+/m0/s1. The van der Waals surface area contributed by atoms with Gasteiger partial charge in [-0.1, -0.05) is 19.3 Å². The molecular formula is C14H19N3O3. The Morgan fingerprint density at radius 2 is 2.05 bits per heavy atom. The van der Waals surface area contributed by atoms with Gasteiger partial charge in [0.25, 0.3) is 11.6 Å². The van der Waals surface area contributed by atoms with Gasteiger partial charge in [-0.05, 0) is 24.7 Å². The molecule has 2 aliphatic rings. The lowest BCUT2D eigenvalue weighted by atomic mass is 9.75. The highest BCUT2D eigenvalue weighted by Crippen LogP contribution is 2.36. The fraction of sp³-hybridized carbons (Fsp3) is 0.643. The predicted octanol–water partition coefficient (Wildman–Crippen LogP) is 2.58. The van der Waals surface area contributed by atoms with Crippen LogP contribution in [0.15, 0.2) is 12.3 Å². The number of aromatic nitrogens is 1. The highest BCUT2D eigenvalue weighted by molar-refractivity contribution is 5.93. The molecule has 1 aromatic rings. The number of nitro groups is 1. The summed E-state index contributed by atoms with van der Waals surface area (Å²) >= 11 is 0. The van der Waals surface area contributed by atoms with E-state index in [2.05, 4.69) is 4.98 Å². The van der Waals surface area contributed by atoms with Gasteiger partial charge in [-0.3, -0.25) is 14.9 Å². The van der Waals surface area contributed by atoms with Crippen LogP contribution in [-0.4, -0.2) is 33.8 Å². The number of hydrogen-bond donors (Lipinski definition) is 1. The Hall–Kier alpha value is -1.85. The summed E-state index contributed by atoms with van der Waals surface area (Å²) in [6.45, 7) is 1.57. The minimum atomic E-state index is -0.485. The number of nitrogens with one attached hydrogen (secondary N) is 1. The number of hydrogen-bond acceptors (Lipinski definition) is 3. The van der Waals surface area contributed by atoms with Gasteiger partial charge in [0, 0.05) is 19.2 Å². The average molecular weight is 277 g/mol. The number of nitrogens with zero attached hydrogens (tertiary/aromatic N) is 2. The van der Waals surface area contributed by atoms with Crippen molar-refractivity contribution in [1.29, 1.82) is 0 Å². The average Bonchev–Trinajstić information content (AvgIpc) is 2.96. The molecule has 1 aliphatic carbocycles. The van der Waals surface area contributed by atoms with Gasteiger partial charge in [-0.15, -0.1) is 0 Å². The molecule has 1 N–H and O–H groups in total. The van der Waals surface area contributed by atoms with Crippen LogP contribution < -0.4 is 0 Å². The van der Waals surface area contributed by atoms with Crippen molar-refractivity contribution in [2.75, 3.05) is 13.1 Å². The number of aromatic amines is 1. The maximum atomic E-state index is 12.4. The Bertz CT molecular complexity index is 525. The van der Waals surface area contributed by atoms with E-state index in [1.54, 1.807) is 0 Å². The molecule has 0 spiro atoms. The van der Waals surface area contributed by atoms with Crippen LogP contribution in [0.1, 0.15) is 42.6 Å². The van der Waals surface area contributed by atoms with Crippen LogP contribution in [0.25, 0.3) is 0 Å². The van der Waals surface area contributed by atoms with Crippen molar-refractivity contribution >= 4 is 11.6 Å². The van der Waals surface area contributed by atoms with E-state index in [1.807, 2.05) is 4.90 Å². The monoisotopic (exact) mass is 277 g/mol. The predicted molar refractivity (Wildman–Crippen MR) is 73.4 cm³/mol. The highest BCUT2D eigenvalue weighted by atomic mass is 16.6. The van der Waals surface area contributed by atoms with E-state index in [4.69, 9.17) is 0 Å². The number of carbonyl (C=O) groups excluding carboxylic acids is 1. The molecule has 108 valence electrons. The lowest BCUT2D eigenvalue weighted by Gasteiger charge is -2.41. The zero-order valence-corrected chi connectivity index (χ0v) is 11.4. The third-order valence-electron chi connectivity index (χ3n) is 4.69. The molecule has 2 heterocycles. The first-order chi connectivity index (χ1) is 9.65. The summed E-state index contributed by atoms with van der Waals surface area (Å²) in [4.78, 5) is 27.1. The molecule has 6 heteroatoms. The van der Waals surface area contributed by atoms with Crippen molar-refractivity contribution < 1.29 is 9.72 Å². The summed E-state index contributed by atoms with van der Waals surface area (Å²) in [5.74, 6) is 1.28. The maximum Gasteiger partial charge on any atom is 0.287 e. The highest BCUT2D eigenvalue weighted by Gasteiger charge is 2.33. The molecule has 0 aromatic carbocycles. The van der Waals surface area contributed by atoms with E-state index in [-0.39, 0.29) is 11.6 Å². The lowest BCUT2D eigenvalue weighted by molar-refractivity contribution is -0.384. The first kappa shape index (κ1) is 13.1. The number of fused-ring (bicyclic) bond motifs is 1. The zero-order valence-electron chi connectivity index (χ0n) is 11.4. The largest absolute Gasteiger partial charge is 0.351 e. The second-order valence-corrected chi connectivity index (χ2v) is 5.87. The number of piperidine rings is 1. The van der Waals surface area contributed by atoms with Gasteiger partial charge in [-0.2, -0.15) is 0 Å². The molecule has 1 saturated carbocycles. The van der Waals surface area contributed by atoms with Crippen LogP contribution >= 0.6 is 0 Å². The van der Waals surface area contributed by atoms with Gasteiger partial charge >= 0.3 is 0 Å². The molecular weight excluding hydrogens is 258 g/mol. The number of carbonyl (C=O) groups is 1. The fourth-order valence-electron chi connectivity index (χ4n) is 3.57. The molecule has 20 heavy (non-hydrogen) atoms. The summed E-state index contributed by atoms with van der Waals surface area (Å²) in [5, 5.41) is 10.7. The molecule has 0 radical (unpaired) electrons. The summed E-state index contributed by atoms with van der Waals surface area (Å²) in [6.07, 6.45) is 7.43. The Kier molecular flexibility index (Phi) is 3.46. The van der Waals surface area contributed by atoms with E-state index in [0.29, 0.717) is 11.6 Å². The smallest absolute Gasteiger partial charge is 0.287 e. The molecule has 2 fully saturated rings. The molecule has 1 amide bonds. The molecule has 0 unspecified atom stereocenters. The van der Waals surface area contributed by atoms with Crippen LogP contribution in [0.3, 0.4) is 0 Å². The van der Waals surface area contributed by atoms with E-state index < -0.39 is 4.92 Å². The van der Waals surface area contributed by atoms with E-state index in [1.165, 1.54) is 37.9 Å². The van der Waals surface area contributed by atoms with Gasteiger partial charge in [0.2, 0.25) is 0 Å². The quantitative estimate of drug-likeness (QED) is 0.666. The number of likely N-dealkylation sites (tertiary alicyclic amines) is 1. The molecule has 1 aromatic heterocycles. The van der Waals surface area contributed by atoms with Crippen LogP contribution in [0.2, 0.25) is 0 Å². The van der Waals surface area contributed by atoms with Gasteiger partial charge < -0.3 is 9.88 Å². The summed E-state index contributed by atoms with van der Waals surface area (Å²) in [5.41, 5.74) is 0.270. The first-order valence-electron chi connectivity index (χ1n) is 7.27. The molecule has 1 aliphatic heterocycles. The lowest BCUT2D eigenvalue weighted by Crippen LogP contribution is -2.44. The Balaban J connectivity index is 1.69. The minimum Gasteiger partial charge on any atom is -0.351 e. The van der Waals surface area contributed by atoms with Gasteiger partial charge in [0.15, 0.2) is 0 Å². The van der Waals surface area contributed by atoms with Crippen LogP contribution in [0, 0.1) is 22.0 Å². The topological polar surface area (TPSA) is 79.2 Å². The van der Waals surface area contributed by atoms with Gasteiger partial charge in [-0.25, -0.2) is 0 Å². The second kappa shape index (κ2) is 5.26. The van der Waals surface area contributed by atoms with Crippen molar-refractivity contribution in [1.82, 2.24) is 9.88 Å². The Labute approximate surface area is 117 Å². The summed E-state index contributed by atoms with van der Waals surface area (Å²) in [7, 11) is 0. The second-order valence-electron chi connectivity index (χ2n) is 5.87. The third kappa shape index (κ3) is 2.42. The van der Waals surface area contributed by atoms with Gasteiger partial charge in [0.05, 0.1) is 11.1 Å². The Morgan fingerprint density at radius 3 is 2.75 bits per heavy atom. The van der Waals surface area contributed by atoms with Crippen molar-refractivity contribution in [3.05, 3.63) is 28.1 Å². The van der Waals surface area contributed by atoms with Crippen molar-refractivity contribution in [3.63, 3.8) is 0 Å². The molecule has 6 nitrogen and oxygen atoms in total. The molecule has 3 rings (SSSR count). The minimum absolute atomic E-state index is 0.0547. The van der Waals surface area contributed by atoms with Crippen molar-refractivity contribution in [2.45, 2.75) is 32.1 Å². The third-order valence-corrected chi connectivity index (χ3v) is 4.69. The van der Waals surface area contributed by atoms with Crippen LogP contribution in [0.4, 0.5) is 5.69 Å².